The van der Waals surface area contributed by atoms with E-state index in [2.05, 4.69) is 108 Å². The minimum Gasteiger partial charge on any atom is -0.253 e. The van der Waals surface area contributed by atoms with Crippen LogP contribution in [0.5, 0.6) is 0 Å². The first-order valence-corrected chi connectivity index (χ1v) is 19.4. The van der Waals surface area contributed by atoms with E-state index in [1.807, 2.05) is 36.4 Å². The van der Waals surface area contributed by atoms with E-state index >= 15 is 0 Å². The largest absolute Gasteiger partial charge is 0.253 e. The molecule has 254 valence electrons. The third kappa shape index (κ3) is 3.91. The topological polar surface area (TPSA) is 51.6 Å². The lowest BCUT2D eigenvalue weighted by molar-refractivity contribution is -0.0440. The van der Waals surface area contributed by atoms with E-state index in [0.29, 0.717) is 29.3 Å². The molecule has 6 aliphatic carbocycles. The lowest BCUT2D eigenvalue weighted by atomic mass is 9.38. The molecule has 13 rings (SSSR count). The maximum atomic E-state index is 5.22. The molecule has 5 aromatic carbocycles. The maximum absolute atomic E-state index is 5.22. The van der Waals surface area contributed by atoms with E-state index in [9.17, 15) is 0 Å². The third-order valence-corrected chi connectivity index (χ3v) is 13.8. The number of aromatic nitrogens is 4. The highest BCUT2D eigenvalue weighted by molar-refractivity contribution is 5.89. The van der Waals surface area contributed by atoms with Gasteiger partial charge in [0.25, 0.3) is 0 Å². The van der Waals surface area contributed by atoms with Crippen molar-refractivity contribution in [3.8, 4) is 45.4 Å². The van der Waals surface area contributed by atoms with Crippen LogP contribution in [0, 0.1) is 23.7 Å². The molecule has 0 radical (unpaired) electrons. The molecule has 0 N–H and O–H groups in total. The fourth-order valence-electron chi connectivity index (χ4n) is 12.3. The molecule has 6 aliphatic rings. The van der Waals surface area contributed by atoms with Crippen LogP contribution in [-0.2, 0) is 10.8 Å². The molecule has 53 heavy (non-hydrogen) atoms. The fraction of sp³-hybridized carbons (Fsp3) is 0.224. The number of hydrogen-bond donors (Lipinski definition) is 0. The Kier molecular flexibility index (Phi) is 6.13. The van der Waals surface area contributed by atoms with Crippen molar-refractivity contribution in [2.24, 2.45) is 23.7 Å². The zero-order valence-corrected chi connectivity index (χ0v) is 29.5. The first-order valence-electron chi connectivity index (χ1n) is 19.4. The van der Waals surface area contributed by atoms with Crippen molar-refractivity contribution in [1.29, 1.82) is 0 Å². The Morgan fingerprint density at radius 3 is 1.62 bits per heavy atom. The minimum atomic E-state index is -0.464. The molecule has 0 aliphatic heterocycles. The molecule has 0 atom stereocenters. The average Bonchev–Trinajstić information content (AvgIpc) is 3.52. The molecule has 4 saturated carbocycles. The Balaban J connectivity index is 1.18. The van der Waals surface area contributed by atoms with Gasteiger partial charge in [-0.1, -0.05) is 121 Å². The van der Waals surface area contributed by atoms with Gasteiger partial charge in [-0.25, -0.2) is 15.0 Å². The molecule has 0 saturated heterocycles. The van der Waals surface area contributed by atoms with Gasteiger partial charge in [-0.05, 0) is 118 Å². The smallest absolute Gasteiger partial charge is 0.182 e. The summed E-state index contributed by atoms with van der Waals surface area (Å²) in [6.45, 7) is 0. The number of nitrogens with zero attached hydrogens (tertiary/aromatic N) is 4. The molecule has 7 aromatic rings. The Bertz CT molecular complexity index is 2460. The molecule has 0 unspecified atom stereocenters. The van der Waals surface area contributed by atoms with Gasteiger partial charge in [0.05, 0.1) is 5.41 Å². The van der Waals surface area contributed by atoms with Gasteiger partial charge in [-0.2, -0.15) is 0 Å². The van der Waals surface area contributed by atoms with Crippen LogP contribution >= 0.6 is 0 Å². The quantitative estimate of drug-likeness (QED) is 0.186. The van der Waals surface area contributed by atoms with Crippen molar-refractivity contribution in [1.82, 2.24) is 19.9 Å². The highest BCUT2D eigenvalue weighted by Gasteiger charge is 2.64. The van der Waals surface area contributed by atoms with Crippen LogP contribution in [0.1, 0.15) is 65.5 Å². The predicted molar refractivity (Wildman–Crippen MR) is 209 cm³/mol. The minimum absolute atomic E-state index is 0.0109. The Labute approximate surface area is 310 Å². The predicted octanol–water partition coefficient (Wildman–Crippen LogP) is 10.7. The van der Waals surface area contributed by atoms with E-state index in [1.54, 1.807) is 11.8 Å². The second-order valence-electron chi connectivity index (χ2n) is 16.2. The van der Waals surface area contributed by atoms with Crippen LogP contribution in [0.4, 0.5) is 0 Å². The van der Waals surface area contributed by atoms with Crippen LogP contribution in [0.15, 0.2) is 146 Å². The molecule has 2 spiro atoms. The van der Waals surface area contributed by atoms with Gasteiger partial charge in [0, 0.05) is 22.7 Å². The summed E-state index contributed by atoms with van der Waals surface area (Å²) in [6.07, 6.45) is 8.59. The lowest BCUT2D eigenvalue weighted by Crippen LogP contribution is -2.59. The van der Waals surface area contributed by atoms with Crippen molar-refractivity contribution >= 4 is 0 Å². The fourth-order valence-corrected chi connectivity index (χ4v) is 12.3. The summed E-state index contributed by atoms with van der Waals surface area (Å²) in [4.78, 5) is 20.1. The molecule has 0 amide bonds. The van der Waals surface area contributed by atoms with Crippen molar-refractivity contribution < 1.29 is 0 Å². The van der Waals surface area contributed by atoms with Crippen LogP contribution in [0.25, 0.3) is 45.4 Å². The Hall–Kier alpha value is -5.74. The SMILES string of the molecule is c1ccc(-c2nc(-c3ccc4c(c3)C3(c5ccccc5-c5ccccc53)c3ccccc3C43C4CC5CC(C4)CC3C5)nc(-c3ccccn3)n2)cc1. The summed E-state index contributed by atoms with van der Waals surface area (Å²) >= 11 is 0. The monoisotopic (exact) mass is 682 g/mol. The van der Waals surface area contributed by atoms with Crippen molar-refractivity contribution in [3.05, 3.63) is 179 Å². The van der Waals surface area contributed by atoms with Crippen molar-refractivity contribution in [2.45, 2.75) is 42.9 Å². The van der Waals surface area contributed by atoms with Crippen molar-refractivity contribution in [2.75, 3.05) is 0 Å². The summed E-state index contributed by atoms with van der Waals surface area (Å²) in [7, 11) is 0. The summed E-state index contributed by atoms with van der Waals surface area (Å²) in [5.41, 5.74) is 13.6. The highest BCUT2D eigenvalue weighted by Crippen LogP contribution is 2.71. The molecule has 4 fully saturated rings. The summed E-state index contributed by atoms with van der Waals surface area (Å²) in [6, 6.07) is 51.5. The van der Waals surface area contributed by atoms with E-state index < -0.39 is 5.41 Å². The molecule has 4 heteroatoms. The number of rotatable bonds is 3. The lowest BCUT2D eigenvalue weighted by Gasteiger charge is -2.65. The van der Waals surface area contributed by atoms with Gasteiger partial charge in [0.15, 0.2) is 17.5 Å². The van der Waals surface area contributed by atoms with Gasteiger partial charge in [0.1, 0.15) is 5.69 Å². The van der Waals surface area contributed by atoms with Crippen LogP contribution in [0.3, 0.4) is 0 Å². The number of pyridine rings is 1. The first-order chi connectivity index (χ1) is 26.2. The molecular weight excluding hydrogens is 645 g/mol. The second-order valence-corrected chi connectivity index (χ2v) is 16.2. The number of benzene rings is 5. The van der Waals surface area contributed by atoms with Crippen molar-refractivity contribution in [3.63, 3.8) is 0 Å². The zero-order valence-electron chi connectivity index (χ0n) is 29.5. The normalized spacial score (nSPS) is 24.8. The summed E-state index contributed by atoms with van der Waals surface area (Å²) < 4.78 is 0. The third-order valence-electron chi connectivity index (χ3n) is 13.8. The highest BCUT2D eigenvalue weighted by atomic mass is 15.0. The average molecular weight is 683 g/mol. The van der Waals surface area contributed by atoms with E-state index in [1.165, 1.54) is 71.0 Å². The van der Waals surface area contributed by atoms with Gasteiger partial charge in [0.2, 0.25) is 0 Å². The number of fused-ring (bicyclic) bond motifs is 9. The van der Waals surface area contributed by atoms with Gasteiger partial charge in [-0.3, -0.25) is 4.98 Å². The summed E-state index contributed by atoms with van der Waals surface area (Å²) in [5, 5.41) is 0. The molecular formula is C49H38N4. The van der Waals surface area contributed by atoms with Gasteiger partial charge in [-0.15, -0.1) is 0 Å². The molecule has 2 heterocycles. The molecule has 4 nitrogen and oxygen atoms in total. The first kappa shape index (κ1) is 29.8. The Morgan fingerprint density at radius 2 is 0.962 bits per heavy atom. The number of hydrogen-bond acceptors (Lipinski definition) is 4. The van der Waals surface area contributed by atoms with E-state index in [0.717, 1.165) is 28.7 Å². The van der Waals surface area contributed by atoms with Gasteiger partial charge >= 0.3 is 0 Å². The molecule has 2 aromatic heterocycles. The standard InChI is InChI=1S/C49H38N4/c1-2-12-32(13-3-1)45-51-46(53-47(52-45)44-20-10-11-23-50-44)33-21-22-42-43(29-33)49(38-16-6-4-14-36(38)37-15-5-7-17-39(37)49)41-19-9-8-18-40(41)48(42)34-25-30-24-31(27-34)28-35(48)26-30/h1-23,29-31,34-35H,24-28H2. The summed E-state index contributed by atoms with van der Waals surface area (Å²) in [5.74, 6) is 4.94. The van der Waals surface area contributed by atoms with Crippen LogP contribution < -0.4 is 0 Å². The van der Waals surface area contributed by atoms with Gasteiger partial charge < -0.3 is 0 Å². The Morgan fingerprint density at radius 1 is 0.415 bits per heavy atom. The van der Waals surface area contributed by atoms with E-state index in [-0.39, 0.29) is 5.41 Å². The maximum Gasteiger partial charge on any atom is 0.182 e. The second kappa shape index (κ2) is 10.9. The zero-order chi connectivity index (χ0) is 34.7. The molecule has 4 bridgehead atoms. The van der Waals surface area contributed by atoms with Crippen LogP contribution in [-0.4, -0.2) is 19.9 Å². The van der Waals surface area contributed by atoms with Crippen LogP contribution in [0.2, 0.25) is 0 Å². The van der Waals surface area contributed by atoms with E-state index in [4.69, 9.17) is 15.0 Å².